The molecule has 0 bridgehead atoms. The monoisotopic (exact) mass is 493 g/mol. The molecule has 0 aliphatic heterocycles. The summed E-state index contributed by atoms with van der Waals surface area (Å²) in [6, 6.07) is 17.4. The normalized spacial score (nSPS) is 11.0. The van der Waals surface area contributed by atoms with Gasteiger partial charge in [-0.15, -0.1) is 24.0 Å². The molecule has 0 saturated heterocycles. The summed E-state index contributed by atoms with van der Waals surface area (Å²) in [6.07, 6.45) is 1.89. The van der Waals surface area contributed by atoms with Crippen molar-refractivity contribution in [3.05, 3.63) is 72.1 Å². The molecule has 8 heteroatoms. The first-order valence-corrected chi connectivity index (χ1v) is 8.52. The summed E-state index contributed by atoms with van der Waals surface area (Å²) in [7, 11) is 3.30. The number of hydrogen-bond acceptors (Lipinski definition) is 4. The lowest BCUT2D eigenvalue weighted by Crippen LogP contribution is -2.23. The Bertz CT molecular complexity index is 909. The van der Waals surface area contributed by atoms with Gasteiger partial charge in [-0.3, -0.25) is 0 Å². The number of guanidine groups is 1. The van der Waals surface area contributed by atoms with Crippen molar-refractivity contribution in [3.63, 3.8) is 0 Å². The number of halogens is 1. The number of methoxy groups -OCH3 is 2. The number of para-hydroxylation sites is 1. The molecule has 0 fully saturated rings. The molecule has 0 spiro atoms. The second-order valence-electron chi connectivity index (χ2n) is 5.87. The van der Waals surface area contributed by atoms with Crippen LogP contribution in [0.1, 0.15) is 11.3 Å². The van der Waals surface area contributed by atoms with Gasteiger partial charge >= 0.3 is 0 Å². The number of aromatic nitrogens is 2. The van der Waals surface area contributed by atoms with Gasteiger partial charge in [0.05, 0.1) is 31.6 Å². The fourth-order valence-electron chi connectivity index (χ4n) is 2.59. The minimum Gasteiger partial charge on any atom is -0.497 e. The molecule has 3 rings (SSSR count). The number of hydrogen-bond donors (Lipinski definition) is 2. The third-order valence-electron chi connectivity index (χ3n) is 3.97. The maximum Gasteiger partial charge on any atom is 0.193 e. The van der Waals surface area contributed by atoms with Gasteiger partial charge in [-0.2, -0.15) is 5.10 Å². The predicted molar refractivity (Wildman–Crippen MR) is 122 cm³/mol. The first-order chi connectivity index (χ1) is 13.2. The maximum atomic E-state index is 6.02. The van der Waals surface area contributed by atoms with Crippen LogP contribution in [0.4, 0.5) is 5.69 Å². The molecule has 0 unspecified atom stereocenters. The van der Waals surface area contributed by atoms with E-state index in [0.717, 1.165) is 28.4 Å². The van der Waals surface area contributed by atoms with Gasteiger partial charge < -0.3 is 20.5 Å². The Balaban J connectivity index is 0.00000280. The molecule has 1 aromatic heterocycles. The number of rotatable bonds is 7. The second-order valence-corrected chi connectivity index (χ2v) is 5.87. The minimum atomic E-state index is 0. The molecular formula is C20H24IN5O2. The SMILES string of the molecule is COCc1ccccc1NC(N)=NCc1ccn(-c2ccc(OC)cc2)n1.I. The zero-order valence-corrected chi connectivity index (χ0v) is 18.2. The van der Waals surface area contributed by atoms with Crippen LogP contribution in [0.15, 0.2) is 65.8 Å². The first-order valence-electron chi connectivity index (χ1n) is 8.52. The zero-order valence-electron chi connectivity index (χ0n) is 15.8. The fourth-order valence-corrected chi connectivity index (χ4v) is 2.59. The fraction of sp³-hybridized carbons (Fsp3) is 0.200. The molecule has 1 heterocycles. The third-order valence-corrected chi connectivity index (χ3v) is 3.97. The van der Waals surface area contributed by atoms with Crippen molar-refractivity contribution < 1.29 is 9.47 Å². The summed E-state index contributed by atoms with van der Waals surface area (Å²) in [5, 5.41) is 7.64. The van der Waals surface area contributed by atoms with Crippen LogP contribution in [-0.4, -0.2) is 30.0 Å². The highest BCUT2D eigenvalue weighted by Crippen LogP contribution is 2.16. The summed E-state index contributed by atoms with van der Waals surface area (Å²) in [5.41, 5.74) is 9.68. The summed E-state index contributed by atoms with van der Waals surface area (Å²) in [4.78, 5) is 4.37. The quantitative estimate of drug-likeness (QED) is 0.299. The Morgan fingerprint density at radius 2 is 1.86 bits per heavy atom. The smallest absolute Gasteiger partial charge is 0.193 e. The number of nitrogens with one attached hydrogen (secondary N) is 1. The number of nitrogens with zero attached hydrogens (tertiary/aromatic N) is 3. The molecule has 0 saturated carbocycles. The van der Waals surface area contributed by atoms with Crippen molar-refractivity contribution in [2.75, 3.05) is 19.5 Å². The predicted octanol–water partition coefficient (Wildman–Crippen LogP) is 3.57. The zero-order chi connectivity index (χ0) is 19.1. The Kier molecular flexibility index (Phi) is 8.27. The van der Waals surface area contributed by atoms with Crippen molar-refractivity contribution in [1.29, 1.82) is 0 Å². The largest absolute Gasteiger partial charge is 0.497 e. The van der Waals surface area contributed by atoms with E-state index in [4.69, 9.17) is 15.2 Å². The number of anilines is 1. The van der Waals surface area contributed by atoms with E-state index in [2.05, 4.69) is 15.4 Å². The van der Waals surface area contributed by atoms with E-state index in [0.29, 0.717) is 19.1 Å². The lowest BCUT2D eigenvalue weighted by Gasteiger charge is -2.10. The molecule has 3 aromatic rings. The van der Waals surface area contributed by atoms with Crippen LogP contribution in [0.5, 0.6) is 5.75 Å². The first kappa shape index (κ1) is 21.7. The van der Waals surface area contributed by atoms with Crippen LogP contribution in [-0.2, 0) is 17.9 Å². The lowest BCUT2D eigenvalue weighted by molar-refractivity contribution is 0.185. The molecule has 0 radical (unpaired) electrons. The molecule has 0 aliphatic rings. The Morgan fingerprint density at radius 1 is 1.11 bits per heavy atom. The lowest BCUT2D eigenvalue weighted by atomic mass is 10.2. The van der Waals surface area contributed by atoms with Crippen molar-refractivity contribution >= 4 is 35.6 Å². The molecule has 2 aromatic carbocycles. The van der Waals surface area contributed by atoms with Gasteiger partial charge in [0.15, 0.2) is 5.96 Å². The van der Waals surface area contributed by atoms with Crippen LogP contribution in [0.2, 0.25) is 0 Å². The summed E-state index contributed by atoms with van der Waals surface area (Å²) < 4.78 is 12.2. The highest BCUT2D eigenvalue weighted by Gasteiger charge is 2.04. The van der Waals surface area contributed by atoms with Crippen LogP contribution in [0.25, 0.3) is 5.69 Å². The molecule has 0 aliphatic carbocycles. The van der Waals surface area contributed by atoms with Crippen LogP contribution in [0, 0.1) is 0 Å². The van der Waals surface area contributed by atoms with Gasteiger partial charge in [0.2, 0.25) is 0 Å². The topological polar surface area (TPSA) is 86.7 Å². The van der Waals surface area contributed by atoms with Crippen molar-refractivity contribution in [1.82, 2.24) is 9.78 Å². The van der Waals surface area contributed by atoms with Gasteiger partial charge in [-0.1, -0.05) is 18.2 Å². The van der Waals surface area contributed by atoms with E-state index in [-0.39, 0.29) is 24.0 Å². The van der Waals surface area contributed by atoms with Crippen LogP contribution >= 0.6 is 24.0 Å². The highest BCUT2D eigenvalue weighted by atomic mass is 127. The van der Waals surface area contributed by atoms with E-state index in [1.54, 1.807) is 18.9 Å². The van der Waals surface area contributed by atoms with E-state index in [1.165, 1.54) is 0 Å². The van der Waals surface area contributed by atoms with Gasteiger partial charge in [-0.25, -0.2) is 9.67 Å². The van der Waals surface area contributed by atoms with Gasteiger partial charge in [-0.05, 0) is 36.4 Å². The second kappa shape index (κ2) is 10.7. The summed E-state index contributed by atoms with van der Waals surface area (Å²) in [6.45, 7) is 0.886. The van der Waals surface area contributed by atoms with E-state index >= 15 is 0 Å². The summed E-state index contributed by atoms with van der Waals surface area (Å²) in [5.74, 6) is 1.14. The van der Waals surface area contributed by atoms with Gasteiger partial charge in [0.1, 0.15) is 5.75 Å². The van der Waals surface area contributed by atoms with E-state index < -0.39 is 0 Å². The van der Waals surface area contributed by atoms with Crippen molar-refractivity contribution in [2.45, 2.75) is 13.2 Å². The Labute approximate surface area is 181 Å². The molecule has 28 heavy (non-hydrogen) atoms. The van der Waals surface area contributed by atoms with Crippen LogP contribution in [0.3, 0.4) is 0 Å². The number of benzene rings is 2. The van der Waals surface area contributed by atoms with Gasteiger partial charge in [0.25, 0.3) is 0 Å². The Morgan fingerprint density at radius 3 is 2.57 bits per heavy atom. The molecule has 0 amide bonds. The average molecular weight is 493 g/mol. The highest BCUT2D eigenvalue weighted by molar-refractivity contribution is 14.0. The standard InChI is InChI=1S/C20H23N5O2.HI/c1-26-14-15-5-3-4-6-19(15)23-20(21)22-13-16-11-12-25(24-16)17-7-9-18(27-2)10-8-17;/h3-12H,13-14H2,1-2H3,(H3,21,22,23);1H. The molecule has 0 atom stereocenters. The van der Waals surface area contributed by atoms with Crippen molar-refractivity contribution in [2.24, 2.45) is 10.7 Å². The van der Waals surface area contributed by atoms with E-state index in [1.807, 2.05) is 60.8 Å². The van der Waals surface area contributed by atoms with Gasteiger partial charge in [0, 0.05) is 24.6 Å². The molecule has 7 nitrogen and oxygen atoms in total. The maximum absolute atomic E-state index is 6.02. The summed E-state index contributed by atoms with van der Waals surface area (Å²) >= 11 is 0. The number of aliphatic imine (C=N–C) groups is 1. The van der Waals surface area contributed by atoms with Crippen molar-refractivity contribution in [3.8, 4) is 11.4 Å². The minimum absolute atomic E-state index is 0. The molecule has 3 N–H and O–H groups in total. The average Bonchev–Trinajstić information content (AvgIpc) is 3.17. The Hall–Kier alpha value is -2.59. The van der Waals surface area contributed by atoms with E-state index in [9.17, 15) is 0 Å². The molecule has 148 valence electrons. The number of ether oxygens (including phenoxy) is 2. The third kappa shape index (κ3) is 5.70. The number of nitrogens with two attached hydrogens (primary N) is 1. The molecular weight excluding hydrogens is 469 g/mol. The van der Waals surface area contributed by atoms with Crippen LogP contribution < -0.4 is 15.8 Å².